The summed E-state index contributed by atoms with van der Waals surface area (Å²) in [5, 5.41) is 0. The summed E-state index contributed by atoms with van der Waals surface area (Å²) in [6.45, 7) is 3.53. The van der Waals surface area contributed by atoms with E-state index in [0.717, 1.165) is 18.6 Å². The van der Waals surface area contributed by atoms with Crippen LogP contribution in [0.3, 0.4) is 0 Å². The molecule has 0 aliphatic heterocycles. The van der Waals surface area contributed by atoms with Crippen LogP contribution in [0, 0.1) is 0 Å². The van der Waals surface area contributed by atoms with Gasteiger partial charge in [-0.1, -0.05) is 39.0 Å². The van der Waals surface area contributed by atoms with Crippen molar-refractivity contribution in [2.45, 2.75) is 52.0 Å². The Labute approximate surface area is 104 Å². The van der Waals surface area contributed by atoms with Crippen LogP contribution in [0.5, 0.6) is 5.88 Å². The summed E-state index contributed by atoms with van der Waals surface area (Å²) in [5.74, 6) is 0.696. The van der Waals surface area contributed by atoms with Gasteiger partial charge in [-0.3, -0.25) is 0 Å². The molecular weight excluding hydrogens is 212 g/mol. The standard InChI is InChI=1S/C14H24N2O/c1-2-3-4-5-6-7-10-17-14-11-13(12-15)8-9-16-14/h8-9,11H,2-7,10,12,15H2,1H3. The fraction of sp³-hybridized carbons (Fsp3) is 0.643. The third-order valence-electron chi connectivity index (χ3n) is 2.78. The van der Waals surface area contributed by atoms with Crippen LogP contribution in [0.4, 0.5) is 0 Å². The maximum absolute atomic E-state index is 5.59. The van der Waals surface area contributed by atoms with Gasteiger partial charge in [-0.05, 0) is 18.1 Å². The molecule has 0 aliphatic carbocycles. The van der Waals surface area contributed by atoms with Crippen LogP contribution in [0.1, 0.15) is 51.0 Å². The molecular formula is C14H24N2O. The SMILES string of the molecule is CCCCCCCCOc1cc(CN)ccn1. The van der Waals surface area contributed by atoms with Gasteiger partial charge in [0.25, 0.3) is 0 Å². The number of nitrogens with two attached hydrogens (primary N) is 1. The lowest BCUT2D eigenvalue weighted by Crippen LogP contribution is -2.01. The van der Waals surface area contributed by atoms with E-state index in [1.54, 1.807) is 6.20 Å². The third kappa shape index (κ3) is 6.27. The average Bonchev–Trinajstić information content (AvgIpc) is 2.38. The van der Waals surface area contributed by atoms with E-state index in [4.69, 9.17) is 10.5 Å². The summed E-state index contributed by atoms with van der Waals surface area (Å²) in [7, 11) is 0. The predicted octanol–water partition coefficient (Wildman–Crippen LogP) is 3.28. The van der Waals surface area contributed by atoms with E-state index in [2.05, 4.69) is 11.9 Å². The molecule has 0 spiro atoms. The number of hydrogen-bond acceptors (Lipinski definition) is 3. The van der Waals surface area contributed by atoms with Gasteiger partial charge in [0, 0.05) is 18.8 Å². The van der Waals surface area contributed by atoms with Gasteiger partial charge in [-0.25, -0.2) is 4.98 Å². The lowest BCUT2D eigenvalue weighted by molar-refractivity contribution is 0.293. The molecule has 1 heterocycles. The van der Waals surface area contributed by atoms with Crippen molar-refractivity contribution >= 4 is 0 Å². The van der Waals surface area contributed by atoms with Gasteiger partial charge in [0.2, 0.25) is 5.88 Å². The maximum atomic E-state index is 5.59. The zero-order valence-corrected chi connectivity index (χ0v) is 10.8. The largest absolute Gasteiger partial charge is 0.478 e. The van der Waals surface area contributed by atoms with Crippen molar-refractivity contribution in [3.63, 3.8) is 0 Å². The minimum Gasteiger partial charge on any atom is -0.478 e. The third-order valence-corrected chi connectivity index (χ3v) is 2.78. The molecule has 0 unspecified atom stereocenters. The number of pyridine rings is 1. The monoisotopic (exact) mass is 236 g/mol. The molecule has 1 aromatic heterocycles. The van der Waals surface area contributed by atoms with Crippen molar-refractivity contribution in [2.75, 3.05) is 6.61 Å². The van der Waals surface area contributed by atoms with E-state index >= 15 is 0 Å². The lowest BCUT2D eigenvalue weighted by Gasteiger charge is -2.06. The molecule has 0 aromatic carbocycles. The minimum atomic E-state index is 0.538. The van der Waals surface area contributed by atoms with Gasteiger partial charge < -0.3 is 10.5 Å². The first kappa shape index (κ1) is 14.0. The zero-order valence-electron chi connectivity index (χ0n) is 10.8. The highest BCUT2D eigenvalue weighted by Gasteiger charge is 1.97. The van der Waals surface area contributed by atoms with E-state index in [1.165, 1.54) is 32.1 Å². The highest BCUT2D eigenvalue weighted by Crippen LogP contribution is 2.10. The van der Waals surface area contributed by atoms with Crippen LogP contribution in [0.2, 0.25) is 0 Å². The van der Waals surface area contributed by atoms with E-state index in [0.29, 0.717) is 12.4 Å². The second-order valence-electron chi connectivity index (χ2n) is 4.32. The molecule has 17 heavy (non-hydrogen) atoms. The van der Waals surface area contributed by atoms with E-state index < -0.39 is 0 Å². The maximum Gasteiger partial charge on any atom is 0.213 e. The number of ether oxygens (including phenoxy) is 1. The number of hydrogen-bond donors (Lipinski definition) is 1. The Morgan fingerprint density at radius 3 is 2.71 bits per heavy atom. The van der Waals surface area contributed by atoms with Gasteiger partial charge in [0.1, 0.15) is 0 Å². The Balaban J connectivity index is 2.09. The number of aromatic nitrogens is 1. The smallest absolute Gasteiger partial charge is 0.213 e. The molecule has 0 saturated carbocycles. The predicted molar refractivity (Wildman–Crippen MR) is 71.0 cm³/mol. The Morgan fingerprint density at radius 2 is 1.94 bits per heavy atom. The molecule has 0 fully saturated rings. The summed E-state index contributed by atoms with van der Waals surface area (Å²) in [6, 6.07) is 3.83. The van der Waals surface area contributed by atoms with Crippen LogP contribution in [-0.2, 0) is 6.54 Å². The van der Waals surface area contributed by atoms with E-state index in [-0.39, 0.29) is 0 Å². The Hall–Kier alpha value is -1.09. The second kappa shape index (κ2) is 8.99. The van der Waals surface area contributed by atoms with Gasteiger partial charge >= 0.3 is 0 Å². The first-order chi connectivity index (χ1) is 8.36. The molecule has 0 saturated heterocycles. The van der Waals surface area contributed by atoms with E-state index in [1.807, 2.05) is 12.1 Å². The molecule has 3 nitrogen and oxygen atoms in total. The number of rotatable bonds is 9. The van der Waals surface area contributed by atoms with Gasteiger partial charge in [-0.2, -0.15) is 0 Å². The Bertz CT molecular complexity index is 302. The first-order valence-corrected chi connectivity index (χ1v) is 6.64. The van der Waals surface area contributed by atoms with Gasteiger partial charge in [0.15, 0.2) is 0 Å². The molecule has 1 rings (SSSR count). The lowest BCUT2D eigenvalue weighted by atomic mass is 10.1. The number of nitrogens with zero attached hydrogens (tertiary/aromatic N) is 1. The van der Waals surface area contributed by atoms with Crippen molar-refractivity contribution in [3.05, 3.63) is 23.9 Å². The van der Waals surface area contributed by atoms with Crippen LogP contribution in [0.15, 0.2) is 18.3 Å². The molecule has 3 heteroatoms. The Kier molecular flexibility index (Phi) is 7.39. The molecule has 2 N–H and O–H groups in total. The van der Waals surface area contributed by atoms with Gasteiger partial charge in [0.05, 0.1) is 6.61 Å². The van der Waals surface area contributed by atoms with E-state index in [9.17, 15) is 0 Å². The zero-order chi connectivity index (χ0) is 12.3. The highest BCUT2D eigenvalue weighted by molar-refractivity contribution is 5.19. The molecule has 96 valence electrons. The first-order valence-electron chi connectivity index (χ1n) is 6.64. The Morgan fingerprint density at radius 1 is 1.18 bits per heavy atom. The summed E-state index contributed by atoms with van der Waals surface area (Å²) >= 11 is 0. The van der Waals surface area contributed by atoms with Gasteiger partial charge in [-0.15, -0.1) is 0 Å². The normalized spacial score (nSPS) is 10.5. The molecule has 0 amide bonds. The quantitative estimate of drug-likeness (QED) is 0.669. The molecule has 1 aromatic rings. The van der Waals surface area contributed by atoms with Crippen LogP contribution >= 0.6 is 0 Å². The molecule has 0 radical (unpaired) electrons. The summed E-state index contributed by atoms with van der Waals surface area (Å²) in [4.78, 5) is 4.16. The summed E-state index contributed by atoms with van der Waals surface area (Å²) in [6.07, 6.45) is 9.41. The molecule has 0 atom stereocenters. The van der Waals surface area contributed by atoms with Crippen LogP contribution < -0.4 is 10.5 Å². The molecule has 0 bridgehead atoms. The molecule has 0 aliphatic rings. The fourth-order valence-electron chi connectivity index (χ4n) is 1.72. The van der Waals surface area contributed by atoms with Crippen molar-refractivity contribution < 1.29 is 4.74 Å². The summed E-state index contributed by atoms with van der Waals surface area (Å²) in [5.41, 5.74) is 6.63. The van der Waals surface area contributed by atoms with Crippen molar-refractivity contribution in [1.29, 1.82) is 0 Å². The van der Waals surface area contributed by atoms with Crippen LogP contribution in [-0.4, -0.2) is 11.6 Å². The highest BCUT2D eigenvalue weighted by atomic mass is 16.5. The summed E-state index contributed by atoms with van der Waals surface area (Å²) < 4.78 is 5.59. The number of unbranched alkanes of at least 4 members (excludes halogenated alkanes) is 5. The van der Waals surface area contributed by atoms with Crippen molar-refractivity contribution in [1.82, 2.24) is 4.98 Å². The van der Waals surface area contributed by atoms with Crippen molar-refractivity contribution in [3.8, 4) is 5.88 Å². The second-order valence-corrected chi connectivity index (χ2v) is 4.32. The average molecular weight is 236 g/mol. The van der Waals surface area contributed by atoms with Crippen LogP contribution in [0.25, 0.3) is 0 Å². The van der Waals surface area contributed by atoms with Crippen molar-refractivity contribution in [2.24, 2.45) is 5.73 Å². The topological polar surface area (TPSA) is 48.1 Å². The minimum absolute atomic E-state index is 0.538. The fourth-order valence-corrected chi connectivity index (χ4v) is 1.72.